The molecule has 0 aliphatic heterocycles. The lowest BCUT2D eigenvalue weighted by molar-refractivity contribution is 0.102. The van der Waals surface area contributed by atoms with Gasteiger partial charge >= 0.3 is 5.69 Å². The second kappa shape index (κ2) is 6.78. The molecule has 1 heterocycles. The van der Waals surface area contributed by atoms with Crippen LogP contribution in [0.1, 0.15) is 34.3 Å². The Kier molecular flexibility index (Phi) is 4.58. The third-order valence-electron chi connectivity index (χ3n) is 4.65. The molecule has 0 unspecified atom stereocenters. The molecule has 1 aliphatic carbocycles. The lowest BCUT2D eigenvalue weighted by atomic mass is 10.0. The number of nitrogens with zero attached hydrogens (tertiary/aromatic N) is 2. The third kappa shape index (κ3) is 3.40. The number of hydrogen-bond acceptors (Lipinski definition) is 4. The first-order valence-corrected chi connectivity index (χ1v) is 9.86. The minimum Gasteiger partial charge on any atom is -0.297 e. The average Bonchev–Trinajstić information content (AvgIpc) is 3.36. The Hall–Kier alpha value is -2.15. The number of carbonyl (C=O) groups excluding carboxylic acids is 1. The fraction of sp³-hybridized carbons (Fsp3) is 0.211. The zero-order valence-corrected chi connectivity index (χ0v) is 16.7. The number of nitrogens with one attached hydrogen (secondary N) is 1. The van der Waals surface area contributed by atoms with Gasteiger partial charge in [0.05, 0.1) is 15.6 Å². The summed E-state index contributed by atoms with van der Waals surface area (Å²) in [7, 11) is 0. The number of benzene rings is 2. The van der Waals surface area contributed by atoms with E-state index in [-0.39, 0.29) is 16.4 Å². The number of anilines is 1. The molecule has 4 rings (SSSR count). The second-order valence-electron chi connectivity index (χ2n) is 6.57. The van der Waals surface area contributed by atoms with Crippen molar-refractivity contribution >= 4 is 45.8 Å². The molecule has 27 heavy (non-hydrogen) atoms. The van der Waals surface area contributed by atoms with Crippen LogP contribution in [0.2, 0.25) is 10.0 Å². The Morgan fingerprint density at radius 2 is 1.85 bits per heavy atom. The molecule has 1 amide bonds. The smallest absolute Gasteiger partial charge is 0.297 e. The van der Waals surface area contributed by atoms with Crippen LogP contribution in [0.3, 0.4) is 0 Å². The normalized spacial score (nSPS) is 14.8. The lowest BCUT2D eigenvalue weighted by Gasteiger charge is -2.15. The van der Waals surface area contributed by atoms with Gasteiger partial charge in [-0.25, -0.2) is 8.75 Å². The Bertz CT molecular complexity index is 1090. The number of amides is 1. The molecule has 2 aromatic carbocycles. The van der Waals surface area contributed by atoms with E-state index in [1.54, 1.807) is 16.1 Å². The molecule has 0 atom stereocenters. The van der Waals surface area contributed by atoms with Gasteiger partial charge in [0.15, 0.2) is 0 Å². The summed E-state index contributed by atoms with van der Waals surface area (Å²) >= 11 is 13.0. The molecule has 1 N–H and O–H groups in total. The number of aryl methyl sites for hydroxylation is 1. The molecule has 3 aromatic rings. The van der Waals surface area contributed by atoms with E-state index in [2.05, 4.69) is 10.3 Å². The highest BCUT2D eigenvalue weighted by Crippen LogP contribution is 2.49. The van der Waals surface area contributed by atoms with Crippen molar-refractivity contribution < 1.29 is 4.79 Å². The van der Waals surface area contributed by atoms with Gasteiger partial charge in [-0.1, -0.05) is 53.0 Å². The Balaban J connectivity index is 1.60. The van der Waals surface area contributed by atoms with Crippen LogP contribution in [0.15, 0.2) is 47.3 Å². The van der Waals surface area contributed by atoms with Crippen LogP contribution in [0.25, 0.3) is 0 Å². The standard InChI is InChI=1S/C19H15Cl2N3O2S/c1-11-2-5-13(6-3-11)19(8-9-19)24-18(26)23-17(27-24)22-16(25)12-4-7-14(20)15(21)10-12/h2-7,10H,8-9H2,1H3,(H,22,23,25,26). The van der Waals surface area contributed by atoms with E-state index in [0.29, 0.717) is 15.6 Å². The summed E-state index contributed by atoms with van der Waals surface area (Å²) in [6.07, 6.45) is 1.75. The monoisotopic (exact) mass is 419 g/mol. The fourth-order valence-electron chi connectivity index (χ4n) is 3.00. The summed E-state index contributed by atoms with van der Waals surface area (Å²) < 4.78 is 1.65. The molecule has 1 aliphatic rings. The van der Waals surface area contributed by atoms with Crippen molar-refractivity contribution in [1.29, 1.82) is 0 Å². The molecular formula is C19H15Cl2N3O2S. The first kappa shape index (κ1) is 18.2. The van der Waals surface area contributed by atoms with Gasteiger partial charge in [-0.15, -0.1) is 0 Å². The number of aromatic nitrogens is 2. The summed E-state index contributed by atoms with van der Waals surface area (Å²) in [5.74, 6) is -0.394. The Morgan fingerprint density at radius 1 is 1.15 bits per heavy atom. The number of halogens is 2. The molecule has 8 heteroatoms. The molecule has 0 radical (unpaired) electrons. The molecule has 138 valence electrons. The van der Waals surface area contributed by atoms with Crippen LogP contribution in [0, 0.1) is 6.92 Å². The van der Waals surface area contributed by atoms with E-state index >= 15 is 0 Å². The first-order chi connectivity index (χ1) is 12.9. The maximum atomic E-state index is 12.5. The van der Waals surface area contributed by atoms with Crippen LogP contribution >= 0.6 is 34.7 Å². The largest absolute Gasteiger partial charge is 0.360 e. The highest BCUT2D eigenvalue weighted by atomic mass is 35.5. The minimum absolute atomic E-state index is 0.259. The number of rotatable bonds is 4. The summed E-state index contributed by atoms with van der Waals surface area (Å²) in [6, 6.07) is 12.8. The van der Waals surface area contributed by atoms with Crippen LogP contribution in [0.5, 0.6) is 0 Å². The van der Waals surface area contributed by atoms with E-state index in [0.717, 1.165) is 29.9 Å². The van der Waals surface area contributed by atoms with Gasteiger partial charge in [0.2, 0.25) is 5.13 Å². The summed E-state index contributed by atoms with van der Waals surface area (Å²) in [5.41, 5.74) is 1.89. The highest BCUT2D eigenvalue weighted by molar-refractivity contribution is 7.10. The van der Waals surface area contributed by atoms with Gasteiger partial charge in [0.1, 0.15) is 0 Å². The summed E-state index contributed by atoms with van der Waals surface area (Å²) in [5, 5.41) is 3.59. The maximum Gasteiger partial charge on any atom is 0.360 e. The summed E-state index contributed by atoms with van der Waals surface area (Å²) in [4.78, 5) is 28.9. The van der Waals surface area contributed by atoms with Crippen molar-refractivity contribution in [3.05, 3.63) is 79.7 Å². The molecular weight excluding hydrogens is 405 g/mol. The van der Waals surface area contributed by atoms with Gasteiger partial charge in [0, 0.05) is 5.56 Å². The van der Waals surface area contributed by atoms with Crippen LogP contribution < -0.4 is 11.0 Å². The van der Waals surface area contributed by atoms with Crippen LogP contribution in [-0.2, 0) is 5.54 Å². The van der Waals surface area contributed by atoms with Gasteiger partial charge in [-0.3, -0.25) is 10.1 Å². The number of carbonyl (C=O) groups is 1. The van der Waals surface area contributed by atoms with Crippen molar-refractivity contribution in [2.75, 3.05) is 5.32 Å². The molecule has 1 fully saturated rings. The Labute approximate surface area is 169 Å². The first-order valence-electron chi connectivity index (χ1n) is 8.33. The zero-order chi connectivity index (χ0) is 19.2. The van der Waals surface area contributed by atoms with Gasteiger partial charge in [-0.2, -0.15) is 4.98 Å². The number of hydrogen-bond donors (Lipinski definition) is 1. The zero-order valence-electron chi connectivity index (χ0n) is 14.3. The average molecular weight is 420 g/mol. The Morgan fingerprint density at radius 3 is 2.48 bits per heavy atom. The molecule has 1 aromatic heterocycles. The maximum absolute atomic E-state index is 12.5. The molecule has 0 bridgehead atoms. The second-order valence-corrected chi connectivity index (χ2v) is 8.31. The van der Waals surface area contributed by atoms with E-state index in [9.17, 15) is 9.59 Å². The van der Waals surface area contributed by atoms with E-state index in [1.165, 1.54) is 11.6 Å². The topological polar surface area (TPSA) is 64.0 Å². The molecule has 0 saturated heterocycles. The predicted molar refractivity (Wildman–Crippen MR) is 108 cm³/mol. The van der Waals surface area contributed by atoms with Crippen molar-refractivity contribution in [3.8, 4) is 0 Å². The summed E-state index contributed by atoms with van der Waals surface area (Å²) in [6.45, 7) is 2.03. The van der Waals surface area contributed by atoms with Crippen molar-refractivity contribution in [2.24, 2.45) is 0 Å². The van der Waals surface area contributed by atoms with Crippen LogP contribution in [-0.4, -0.2) is 14.8 Å². The predicted octanol–water partition coefficient (Wildman–Crippen LogP) is 4.71. The molecule has 5 nitrogen and oxygen atoms in total. The van der Waals surface area contributed by atoms with E-state index in [4.69, 9.17) is 23.2 Å². The van der Waals surface area contributed by atoms with Gasteiger partial charge in [0.25, 0.3) is 5.91 Å². The fourth-order valence-corrected chi connectivity index (χ4v) is 4.31. The van der Waals surface area contributed by atoms with Crippen molar-refractivity contribution in [2.45, 2.75) is 25.3 Å². The highest BCUT2D eigenvalue weighted by Gasteiger charge is 2.48. The SMILES string of the molecule is Cc1ccc(C2(n3sc(NC(=O)c4ccc(Cl)c(Cl)c4)nc3=O)CC2)cc1. The lowest BCUT2D eigenvalue weighted by Crippen LogP contribution is -2.27. The third-order valence-corrected chi connectivity index (χ3v) is 6.45. The molecule has 0 spiro atoms. The quantitative estimate of drug-likeness (QED) is 0.665. The van der Waals surface area contributed by atoms with E-state index in [1.807, 2.05) is 31.2 Å². The van der Waals surface area contributed by atoms with Crippen LogP contribution in [0.4, 0.5) is 5.13 Å². The van der Waals surface area contributed by atoms with E-state index < -0.39 is 5.91 Å². The minimum atomic E-state index is -0.394. The van der Waals surface area contributed by atoms with Gasteiger partial charge in [-0.05, 0) is 55.1 Å². The van der Waals surface area contributed by atoms with Crippen molar-refractivity contribution in [1.82, 2.24) is 8.94 Å². The van der Waals surface area contributed by atoms with Gasteiger partial charge < -0.3 is 0 Å². The molecule has 1 saturated carbocycles. The van der Waals surface area contributed by atoms with Crippen molar-refractivity contribution in [3.63, 3.8) is 0 Å².